The van der Waals surface area contributed by atoms with Gasteiger partial charge in [0.15, 0.2) is 0 Å². The fraction of sp³-hybridized carbons (Fsp3) is 0.250. The second-order valence-corrected chi connectivity index (χ2v) is 5.13. The molecule has 1 fully saturated rings. The Hall–Kier alpha value is -2.55. The van der Waals surface area contributed by atoms with Gasteiger partial charge in [0, 0.05) is 23.8 Å². The van der Waals surface area contributed by atoms with Gasteiger partial charge in [-0.05, 0) is 11.4 Å². The van der Waals surface area contributed by atoms with E-state index in [4.69, 9.17) is 4.42 Å². The van der Waals surface area contributed by atoms with Gasteiger partial charge in [0.25, 0.3) is 5.89 Å². The smallest absolute Gasteiger partial charge is 0.322 e. The van der Waals surface area contributed by atoms with Crippen molar-refractivity contribution in [2.24, 2.45) is 0 Å². The molecule has 1 aliphatic rings. The molecular formula is C12H10N4O4S. The van der Waals surface area contributed by atoms with E-state index in [0.29, 0.717) is 5.89 Å². The van der Waals surface area contributed by atoms with Crippen LogP contribution in [-0.2, 0) is 14.4 Å². The van der Waals surface area contributed by atoms with E-state index in [1.165, 1.54) is 11.3 Å². The highest BCUT2D eigenvalue weighted by Gasteiger charge is 2.30. The molecular weight excluding hydrogens is 296 g/mol. The molecule has 8 nitrogen and oxygen atoms in total. The molecule has 108 valence electrons. The number of carbonyl (C=O) groups is 3. The monoisotopic (exact) mass is 306 g/mol. The normalized spacial score (nSPS) is 14.8. The number of carbonyl (C=O) groups excluding carboxylic acids is 3. The molecule has 0 spiro atoms. The highest BCUT2D eigenvalue weighted by molar-refractivity contribution is 7.08. The third-order valence-electron chi connectivity index (χ3n) is 2.90. The first-order valence-corrected chi connectivity index (χ1v) is 7.07. The first kappa shape index (κ1) is 13.4. The summed E-state index contributed by atoms with van der Waals surface area (Å²) in [4.78, 5) is 35.5. The fourth-order valence-corrected chi connectivity index (χ4v) is 2.51. The summed E-state index contributed by atoms with van der Waals surface area (Å²) in [5.74, 6) is -0.960. The highest BCUT2D eigenvalue weighted by atomic mass is 32.1. The maximum Gasteiger partial charge on any atom is 0.322 e. The fourth-order valence-electron chi connectivity index (χ4n) is 1.88. The van der Waals surface area contributed by atoms with Crippen molar-refractivity contribution in [3.8, 4) is 11.5 Å². The van der Waals surface area contributed by atoms with Gasteiger partial charge in [-0.1, -0.05) is 5.10 Å². The second-order valence-electron chi connectivity index (χ2n) is 4.35. The Morgan fingerprint density at radius 2 is 2.10 bits per heavy atom. The van der Waals surface area contributed by atoms with E-state index < -0.39 is 5.91 Å². The Labute approximate surface area is 122 Å². The van der Waals surface area contributed by atoms with Gasteiger partial charge in [0.1, 0.15) is 6.54 Å². The minimum atomic E-state index is -0.556. The first-order valence-electron chi connectivity index (χ1n) is 6.12. The lowest BCUT2D eigenvalue weighted by atomic mass is 10.3. The summed E-state index contributed by atoms with van der Waals surface area (Å²) in [5.41, 5.74) is 0.762. The molecule has 1 aliphatic heterocycles. The van der Waals surface area contributed by atoms with E-state index in [0.717, 1.165) is 10.5 Å². The number of thiophene rings is 1. The summed E-state index contributed by atoms with van der Waals surface area (Å²) in [6.45, 7) is -0.339. The minimum absolute atomic E-state index is 0.0692. The van der Waals surface area contributed by atoms with Crippen LogP contribution in [0, 0.1) is 0 Å². The molecule has 21 heavy (non-hydrogen) atoms. The number of likely N-dealkylation sites (tertiary alicyclic amines) is 1. The van der Waals surface area contributed by atoms with Crippen molar-refractivity contribution in [2.45, 2.75) is 12.8 Å². The molecule has 3 amide bonds. The number of hydrogen-bond acceptors (Lipinski definition) is 7. The van der Waals surface area contributed by atoms with Crippen LogP contribution in [0.5, 0.6) is 0 Å². The van der Waals surface area contributed by atoms with E-state index in [1.54, 1.807) is 0 Å². The summed E-state index contributed by atoms with van der Waals surface area (Å²) < 4.78 is 5.28. The zero-order valence-corrected chi connectivity index (χ0v) is 11.6. The van der Waals surface area contributed by atoms with Crippen molar-refractivity contribution in [3.05, 3.63) is 16.8 Å². The van der Waals surface area contributed by atoms with Crippen molar-refractivity contribution in [2.75, 3.05) is 11.9 Å². The Morgan fingerprint density at radius 3 is 2.76 bits per heavy atom. The van der Waals surface area contributed by atoms with Crippen LogP contribution in [0.15, 0.2) is 21.2 Å². The van der Waals surface area contributed by atoms with E-state index in [1.807, 2.05) is 16.8 Å². The third kappa shape index (κ3) is 2.82. The maximum atomic E-state index is 11.8. The number of nitrogens with zero attached hydrogens (tertiary/aromatic N) is 3. The molecule has 0 unspecified atom stereocenters. The standard InChI is InChI=1S/C12H10N4O4S/c17-8(5-16-9(18)1-2-10(16)19)13-12-15-14-11(20-12)7-3-4-21-6-7/h3-4,6H,1-2,5H2,(H,13,15,17). The van der Waals surface area contributed by atoms with Crippen LogP contribution < -0.4 is 5.32 Å². The van der Waals surface area contributed by atoms with Gasteiger partial charge in [-0.2, -0.15) is 11.3 Å². The summed E-state index contributed by atoms with van der Waals surface area (Å²) in [7, 11) is 0. The molecule has 9 heteroatoms. The van der Waals surface area contributed by atoms with Gasteiger partial charge < -0.3 is 4.42 Å². The van der Waals surface area contributed by atoms with Crippen LogP contribution in [0.1, 0.15) is 12.8 Å². The molecule has 0 atom stereocenters. The number of anilines is 1. The highest BCUT2D eigenvalue weighted by Crippen LogP contribution is 2.22. The van der Waals surface area contributed by atoms with Gasteiger partial charge in [-0.15, -0.1) is 5.10 Å². The molecule has 1 saturated heterocycles. The number of amides is 3. The van der Waals surface area contributed by atoms with Crippen LogP contribution >= 0.6 is 11.3 Å². The molecule has 0 bridgehead atoms. The number of imide groups is 1. The van der Waals surface area contributed by atoms with E-state index in [-0.39, 0.29) is 37.2 Å². The average molecular weight is 306 g/mol. The van der Waals surface area contributed by atoms with Crippen molar-refractivity contribution in [3.63, 3.8) is 0 Å². The minimum Gasteiger partial charge on any atom is -0.403 e. The van der Waals surface area contributed by atoms with E-state index >= 15 is 0 Å². The van der Waals surface area contributed by atoms with Crippen molar-refractivity contribution < 1.29 is 18.8 Å². The van der Waals surface area contributed by atoms with Crippen LogP contribution in [0.3, 0.4) is 0 Å². The zero-order valence-electron chi connectivity index (χ0n) is 10.7. The van der Waals surface area contributed by atoms with Gasteiger partial charge in [-0.25, -0.2) is 0 Å². The molecule has 0 aromatic carbocycles. The number of rotatable bonds is 4. The van der Waals surface area contributed by atoms with Crippen molar-refractivity contribution >= 4 is 35.1 Å². The molecule has 3 rings (SSSR count). The molecule has 0 radical (unpaired) electrons. The molecule has 3 heterocycles. The predicted octanol–water partition coefficient (Wildman–Crippen LogP) is 0.886. The Kier molecular flexibility index (Phi) is 3.48. The maximum absolute atomic E-state index is 11.8. The Morgan fingerprint density at radius 1 is 1.33 bits per heavy atom. The van der Waals surface area contributed by atoms with Crippen LogP contribution in [-0.4, -0.2) is 39.4 Å². The predicted molar refractivity (Wildman–Crippen MR) is 72.2 cm³/mol. The number of nitrogens with one attached hydrogen (secondary N) is 1. The summed E-state index contributed by atoms with van der Waals surface area (Å²) in [5, 5.41) is 13.6. The zero-order chi connectivity index (χ0) is 14.8. The van der Waals surface area contributed by atoms with Crippen molar-refractivity contribution in [1.29, 1.82) is 0 Å². The van der Waals surface area contributed by atoms with E-state index in [9.17, 15) is 14.4 Å². The largest absolute Gasteiger partial charge is 0.403 e. The SMILES string of the molecule is O=C(CN1C(=O)CCC1=O)Nc1nnc(-c2ccsc2)o1. The van der Waals surface area contributed by atoms with Crippen LogP contribution in [0.25, 0.3) is 11.5 Å². The van der Waals surface area contributed by atoms with E-state index in [2.05, 4.69) is 15.5 Å². The number of aromatic nitrogens is 2. The quantitative estimate of drug-likeness (QED) is 0.841. The second kappa shape index (κ2) is 5.44. The summed E-state index contributed by atoms with van der Waals surface area (Å²) in [6.07, 6.45) is 0.296. The lowest BCUT2D eigenvalue weighted by Gasteiger charge is -2.11. The van der Waals surface area contributed by atoms with Gasteiger partial charge in [0.05, 0.1) is 0 Å². The van der Waals surface area contributed by atoms with Crippen LogP contribution in [0.2, 0.25) is 0 Å². The Balaban J connectivity index is 1.63. The lowest BCUT2D eigenvalue weighted by Crippen LogP contribution is -2.36. The van der Waals surface area contributed by atoms with Gasteiger partial charge in [-0.3, -0.25) is 24.6 Å². The third-order valence-corrected chi connectivity index (χ3v) is 3.58. The average Bonchev–Trinajstić information content (AvgIpc) is 3.16. The topological polar surface area (TPSA) is 105 Å². The first-order chi connectivity index (χ1) is 10.1. The Bertz CT molecular complexity index is 678. The molecule has 0 saturated carbocycles. The molecule has 1 N–H and O–H groups in total. The number of hydrogen-bond donors (Lipinski definition) is 1. The summed E-state index contributed by atoms with van der Waals surface area (Å²) in [6, 6.07) is 1.74. The molecule has 2 aromatic heterocycles. The summed E-state index contributed by atoms with van der Waals surface area (Å²) >= 11 is 1.48. The van der Waals surface area contributed by atoms with Crippen molar-refractivity contribution in [1.82, 2.24) is 15.1 Å². The molecule has 2 aromatic rings. The van der Waals surface area contributed by atoms with Crippen LogP contribution in [0.4, 0.5) is 6.01 Å². The van der Waals surface area contributed by atoms with Gasteiger partial charge in [0.2, 0.25) is 17.7 Å². The molecule has 0 aliphatic carbocycles. The van der Waals surface area contributed by atoms with Gasteiger partial charge >= 0.3 is 6.01 Å². The lowest BCUT2D eigenvalue weighted by molar-refractivity contribution is -0.141.